The summed E-state index contributed by atoms with van der Waals surface area (Å²) in [7, 11) is -2.34. The van der Waals surface area contributed by atoms with E-state index in [-0.39, 0.29) is 23.3 Å². The highest BCUT2D eigenvalue weighted by Crippen LogP contribution is 2.28. The van der Waals surface area contributed by atoms with E-state index in [1.165, 1.54) is 23.5 Å². The van der Waals surface area contributed by atoms with Gasteiger partial charge >= 0.3 is 6.01 Å². The lowest BCUT2D eigenvalue weighted by molar-refractivity contribution is -0.119. The monoisotopic (exact) mass is 456 g/mol. The second-order valence-corrected chi connectivity index (χ2v) is 9.54. The Labute approximate surface area is 186 Å². The van der Waals surface area contributed by atoms with E-state index in [9.17, 15) is 13.2 Å². The van der Waals surface area contributed by atoms with Crippen LogP contribution in [0.2, 0.25) is 0 Å². The zero-order valence-corrected chi connectivity index (χ0v) is 18.8. The average Bonchev–Trinajstić information content (AvgIpc) is 3.46. The highest BCUT2D eigenvalue weighted by molar-refractivity contribution is 7.89. The van der Waals surface area contributed by atoms with Gasteiger partial charge in [0.1, 0.15) is 11.8 Å². The van der Waals surface area contributed by atoms with Gasteiger partial charge in [0, 0.05) is 12.1 Å². The summed E-state index contributed by atoms with van der Waals surface area (Å²) >= 11 is 0. The van der Waals surface area contributed by atoms with Crippen molar-refractivity contribution in [3.8, 4) is 17.2 Å². The van der Waals surface area contributed by atoms with Gasteiger partial charge < -0.3 is 9.15 Å². The summed E-state index contributed by atoms with van der Waals surface area (Å²) in [6, 6.07) is 10.9. The predicted molar refractivity (Wildman–Crippen MR) is 118 cm³/mol. The topological polar surface area (TPSA) is 115 Å². The molecule has 32 heavy (non-hydrogen) atoms. The highest BCUT2D eigenvalue weighted by atomic mass is 32.2. The zero-order valence-electron chi connectivity index (χ0n) is 18.0. The van der Waals surface area contributed by atoms with Crippen molar-refractivity contribution < 1.29 is 22.4 Å². The van der Waals surface area contributed by atoms with E-state index in [0.29, 0.717) is 18.6 Å². The Morgan fingerprint density at radius 1 is 1.12 bits per heavy atom. The second-order valence-electron chi connectivity index (χ2n) is 7.65. The van der Waals surface area contributed by atoms with E-state index < -0.39 is 22.0 Å². The maximum atomic E-state index is 13.1. The fourth-order valence-electron chi connectivity index (χ4n) is 3.63. The molecule has 1 aliphatic rings. The highest BCUT2D eigenvalue weighted by Gasteiger charge is 2.40. The van der Waals surface area contributed by atoms with Crippen LogP contribution < -0.4 is 10.1 Å². The van der Waals surface area contributed by atoms with Crippen molar-refractivity contribution in [2.45, 2.75) is 37.6 Å². The average molecular weight is 457 g/mol. The van der Waals surface area contributed by atoms with Crippen LogP contribution >= 0.6 is 0 Å². The molecule has 1 aromatic heterocycles. The molecule has 0 saturated carbocycles. The van der Waals surface area contributed by atoms with E-state index in [4.69, 9.17) is 9.15 Å². The summed E-state index contributed by atoms with van der Waals surface area (Å²) in [4.78, 5) is 13.0. The minimum atomic E-state index is -3.85. The minimum Gasteiger partial charge on any atom is -0.497 e. The number of aryl methyl sites for hydroxylation is 2. The van der Waals surface area contributed by atoms with Gasteiger partial charge in [-0.25, -0.2) is 8.42 Å². The van der Waals surface area contributed by atoms with Crippen molar-refractivity contribution in [1.29, 1.82) is 0 Å². The molecule has 9 nitrogen and oxygen atoms in total. The van der Waals surface area contributed by atoms with Gasteiger partial charge in [0.25, 0.3) is 0 Å². The molecule has 0 aliphatic carbocycles. The van der Waals surface area contributed by atoms with Crippen molar-refractivity contribution in [3.63, 3.8) is 0 Å². The zero-order chi connectivity index (χ0) is 22.9. The number of hydrogen-bond donors (Lipinski definition) is 1. The smallest absolute Gasteiger partial charge is 0.322 e. The van der Waals surface area contributed by atoms with E-state index in [2.05, 4.69) is 15.5 Å². The SMILES string of the molecule is COc1ccc(S(=O)(=O)N2CCCC2C(=O)Nc2nnc(-c3ccc(C)c(C)c3)o2)cc1. The summed E-state index contributed by atoms with van der Waals surface area (Å²) in [6.07, 6.45) is 0.977. The number of benzene rings is 2. The van der Waals surface area contributed by atoms with Crippen LogP contribution in [-0.2, 0) is 14.8 Å². The molecule has 2 aromatic carbocycles. The van der Waals surface area contributed by atoms with E-state index in [1.54, 1.807) is 12.1 Å². The Morgan fingerprint density at radius 2 is 1.88 bits per heavy atom. The second kappa shape index (κ2) is 8.71. The van der Waals surface area contributed by atoms with Crippen molar-refractivity contribution in [2.75, 3.05) is 19.0 Å². The fourth-order valence-corrected chi connectivity index (χ4v) is 5.28. The normalized spacial score (nSPS) is 16.8. The summed E-state index contributed by atoms with van der Waals surface area (Å²) in [5.41, 5.74) is 2.96. The van der Waals surface area contributed by atoms with Gasteiger partial charge in [0.2, 0.25) is 21.8 Å². The predicted octanol–water partition coefficient (Wildman–Crippen LogP) is 3.15. The molecular weight excluding hydrogens is 432 g/mol. The van der Waals surface area contributed by atoms with E-state index in [0.717, 1.165) is 16.7 Å². The standard InChI is InChI=1S/C22H24N4O5S/c1-14-6-7-16(13-15(14)2)21-24-25-22(31-21)23-20(27)19-5-4-12-26(19)32(28,29)18-10-8-17(30-3)9-11-18/h6-11,13,19H,4-5,12H2,1-3H3,(H,23,25,27). The van der Waals surface area contributed by atoms with E-state index >= 15 is 0 Å². The number of ether oxygens (including phenoxy) is 1. The molecule has 1 fully saturated rings. The summed E-state index contributed by atoms with van der Waals surface area (Å²) in [5.74, 6) is 0.322. The third kappa shape index (κ3) is 4.23. The molecule has 0 bridgehead atoms. The molecule has 1 aliphatic heterocycles. The van der Waals surface area contributed by atoms with Gasteiger partial charge in [-0.2, -0.15) is 4.31 Å². The molecule has 1 atom stereocenters. The number of methoxy groups -OCH3 is 1. The molecule has 1 saturated heterocycles. The van der Waals surface area contributed by atoms with Gasteiger partial charge in [-0.15, -0.1) is 5.10 Å². The number of sulfonamides is 1. The molecule has 1 unspecified atom stereocenters. The number of rotatable bonds is 6. The summed E-state index contributed by atoms with van der Waals surface area (Å²) in [5, 5.41) is 10.4. The Kier molecular flexibility index (Phi) is 5.98. The first-order valence-corrected chi connectivity index (χ1v) is 11.6. The number of carbonyl (C=O) groups excluding carboxylic acids is 1. The van der Waals surface area contributed by atoms with Crippen molar-refractivity contribution >= 4 is 21.9 Å². The molecular formula is C22H24N4O5S. The lowest BCUT2D eigenvalue weighted by Crippen LogP contribution is -2.43. The van der Waals surface area contributed by atoms with Gasteiger partial charge in [-0.05, 0) is 74.2 Å². The first-order valence-electron chi connectivity index (χ1n) is 10.2. The first kappa shape index (κ1) is 22.0. The molecule has 0 spiro atoms. The largest absolute Gasteiger partial charge is 0.497 e. The van der Waals surface area contributed by atoms with Crippen LogP contribution in [0.4, 0.5) is 6.01 Å². The van der Waals surface area contributed by atoms with Crippen LogP contribution in [0.15, 0.2) is 51.8 Å². The van der Waals surface area contributed by atoms with Crippen molar-refractivity contribution in [2.24, 2.45) is 0 Å². The summed E-state index contributed by atoms with van der Waals surface area (Å²) < 4.78 is 38.1. The lowest BCUT2D eigenvalue weighted by atomic mass is 10.1. The van der Waals surface area contributed by atoms with Gasteiger partial charge in [-0.3, -0.25) is 10.1 Å². The number of hydrogen-bond acceptors (Lipinski definition) is 7. The number of aromatic nitrogens is 2. The van der Waals surface area contributed by atoms with Crippen molar-refractivity contribution in [1.82, 2.24) is 14.5 Å². The van der Waals surface area contributed by atoms with Crippen LogP contribution in [-0.4, -0.2) is 48.5 Å². The number of anilines is 1. The number of nitrogens with zero attached hydrogens (tertiary/aromatic N) is 3. The summed E-state index contributed by atoms with van der Waals surface area (Å²) in [6.45, 7) is 4.24. The van der Waals surface area contributed by atoms with Gasteiger partial charge in [0.05, 0.1) is 12.0 Å². The minimum absolute atomic E-state index is 0.0723. The molecule has 168 valence electrons. The Bertz CT molecular complexity index is 1240. The first-order chi connectivity index (χ1) is 15.3. The molecule has 0 radical (unpaired) electrons. The van der Waals surface area contributed by atoms with Gasteiger partial charge in [-0.1, -0.05) is 11.2 Å². The number of amides is 1. The molecule has 10 heteroatoms. The molecule has 3 aromatic rings. The lowest BCUT2D eigenvalue weighted by Gasteiger charge is -2.22. The maximum Gasteiger partial charge on any atom is 0.322 e. The number of nitrogens with one attached hydrogen (secondary N) is 1. The maximum absolute atomic E-state index is 13.1. The fraction of sp³-hybridized carbons (Fsp3) is 0.318. The Balaban J connectivity index is 1.50. The van der Waals surface area contributed by atoms with Crippen LogP contribution in [0, 0.1) is 13.8 Å². The van der Waals surface area contributed by atoms with Crippen LogP contribution in [0.5, 0.6) is 5.75 Å². The van der Waals surface area contributed by atoms with Crippen LogP contribution in [0.3, 0.4) is 0 Å². The molecule has 1 amide bonds. The molecule has 1 N–H and O–H groups in total. The van der Waals surface area contributed by atoms with Gasteiger partial charge in [0.15, 0.2) is 0 Å². The Morgan fingerprint density at radius 3 is 2.56 bits per heavy atom. The quantitative estimate of drug-likeness (QED) is 0.606. The van der Waals surface area contributed by atoms with Crippen LogP contribution in [0.25, 0.3) is 11.5 Å². The molecule has 2 heterocycles. The third-order valence-electron chi connectivity index (χ3n) is 5.58. The molecule has 4 rings (SSSR count). The van der Waals surface area contributed by atoms with E-state index in [1.807, 2.05) is 32.0 Å². The van der Waals surface area contributed by atoms with Crippen molar-refractivity contribution in [3.05, 3.63) is 53.6 Å². The van der Waals surface area contributed by atoms with Crippen LogP contribution in [0.1, 0.15) is 24.0 Å². The Hall–Kier alpha value is -3.24. The third-order valence-corrected chi connectivity index (χ3v) is 7.50. The number of carbonyl (C=O) groups is 1.